The van der Waals surface area contributed by atoms with Crippen LogP contribution in [0.2, 0.25) is 5.02 Å². The molecule has 0 unspecified atom stereocenters. The van der Waals surface area contributed by atoms with Gasteiger partial charge < -0.3 is 15.6 Å². The Morgan fingerprint density at radius 2 is 1.97 bits per heavy atom. The van der Waals surface area contributed by atoms with Gasteiger partial charge in [0, 0.05) is 35.0 Å². The molecule has 0 saturated carbocycles. The summed E-state index contributed by atoms with van der Waals surface area (Å²) >= 11 is 6.05. The number of aromatic amines is 1. The van der Waals surface area contributed by atoms with Crippen LogP contribution in [0.25, 0.3) is 10.9 Å². The molecule has 0 aliphatic heterocycles. The highest BCUT2D eigenvalue weighted by Crippen LogP contribution is 2.29. The first-order valence-corrected chi connectivity index (χ1v) is 9.41. The third kappa shape index (κ3) is 4.56. The minimum atomic E-state index is -0.309. The van der Waals surface area contributed by atoms with Crippen LogP contribution in [0.1, 0.15) is 21.5 Å². The SMILES string of the molecule is Cc1c[nH]c2c(Nc3cccc(Cl)c3)ncc(C(=O)NCc3ccc(F)cc3)c12.Cl. The van der Waals surface area contributed by atoms with Gasteiger partial charge in [-0.15, -0.1) is 12.4 Å². The van der Waals surface area contributed by atoms with E-state index in [2.05, 4.69) is 20.6 Å². The molecule has 0 radical (unpaired) electrons. The van der Waals surface area contributed by atoms with Gasteiger partial charge in [-0.2, -0.15) is 0 Å². The standard InChI is InChI=1S/C22H18ClFN4O.ClH/c1-13-10-25-20-19(13)18(22(29)27-11-14-5-7-16(24)8-6-14)12-26-21(20)28-17-4-2-3-15(23)9-17;/h2-10,12,25H,11H2,1H3,(H,26,28)(H,27,29);1H. The van der Waals surface area contributed by atoms with Crippen molar-refractivity contribution in [1.29, 1.82) is 0 Å². The molecule has 8 heteroatoms. The number of aryl methyl sites for hydroxylation is 1. The van der Waals surface area contributed by atoms with E-state index in [0.717, 1.165) is 27.7 Å². The highest BCUT2D eigenvalue weighted by atomic mass is 35.5. The van der Waals surface area contributed by atoms with Gasteiger partial charge in [0.2, 0.25) is 0 Å². The molecule has 154 valence electrons. The van der Waals surface area contributed by atoms with E-state index in [1.165, 1.54) is 12.1 Å². The van der Waals surface area contributed by atoms with Crippen molar-refractivity contribution in [3.8, 4) is 0 Å². The summed E-state index contributed by atoms with van der Waals surface area (Å²) in [5.41, 5.74) is 3.75. The first kappa shape index (κ1) is 21.6. The van der Waals surface area contributed by atoms with Crippen LogP contribution in [-0.4, -0.2) is 15.9 Å². The number of anilines is 2. The monoisotopic (exact) mass is 444 g/mol. The molecule has 0 aliphatic carbocycles. The van der Waals surface area contributed by atoms with Crippen LogP contribution in [0.5, 0.6) is 0 Å². The Kier molecular flexibility index (Phi) is 6.59. The van der Waals surface area contributed by atoms with Gasteiger partial charge in [0.05, 0.1) is 11.1 Å². The second-order valence-electron chi connectivity index (χ2n) is 6.69. The van der Waals surface area contributed by atoms with Crippen molar-refractivity contribution in [3.05, 3.63) is 88.5 Å². The van der Waals surface area contributed by atoms with Crippen LogP contribution in [0, 0.1) is 12.7 Å². The van der Waals surface area contributed by atoms with Crippen LogP contribution in [-0.2, 0) is 6.54 Å². The molecule has 0 fully saturated rings. The summed E-state index contributed by atoms with van der Waals surface area (Å²) in [6, 6.07) is 13.3. The zero-order valence-corrected chi connectivity index (χ0v) is 17.6. The number of nitrogens with zero attached hydrogens (tertiary/aromatic N) is 1. The van der Waals surface area contributed by atoms with Gasteiger partial charge in [-0.3, -0.25) is 4.79 Å². The van der Waals surface area contributed by atoms with Gasteiger partial charge in [0.1, 0.15) is 5.82 Å². The Hall–Kier alpha value is -3.09. The Morgan fingerprint density at radius 3 is 2.70 bits per heavy atom. The predicted octanol–water partition coefficient (Wildman–Crippen LogP) is 5.76. The number of hydrogen-bond acceptors (Lipinski definition) is 3. The number of aromatic nitrogens is 2. The molecule has 5 nitrogen and oxygen atoms in total. The predicted molar refractivity (Wildman–Crippen MR) is 120 cm³/mol. The molecule has 0 atom stereocenters. The Labute approximate surface area is 184 Å². The normalized spacial score (nSPS) is 10.5. The molecule has 2 heterocycles. The summed E-state index contributed by atoms with van der Waals surface area (Å²) in [6.45, 7) is 2.23. The van der Waals surface area contributed by atoms with E-state index in [-0.39, 0.29) is 24.1 Å². The van der Waals surface area contributed by atoms with E-state index in [1.54, 1.807) is 30.5 Å². The topological polar surface area (TPSA) is 69.8 Å². The number of halogens is 3. The maximum Gasteiger partial charge on any atom is 0.253 e. The van der Waals surface area contributed by atoms with E-state index < -0.39 is 0 Å². The van der Waals surface area contributed by atoms with Gasteiger partial charge >= 0.3 is 0 Å². The van der Waals surface area contributed by atoms with Crippen LogP contribution in [0.15, 0.2) is 60.9 Å². The summed E-state index contributed by atoms with van der Waals surface area (Å²) in [5, 5.41) is 7.51. The summed E-state index contributed by atoms with van der Waals surface area (Å²) < 4.78 is 13.0. The van der Waals surface area contributed by atoms with Gasteiger partial charge in [-0.1, -0.05) is 29.8 Å². The van der Waals surface area contributed by atoms with Gasteiger partial charge in [0.15, 0.2) is 5.82 Å². The molecule has 0 aliphatic rings. The summed E-state index contributed by atoms with van der Waals surface area (Å²) in [7, 11) is 0. The van der Waals surface area contributed by atoms with E-state index >= 15 is 0 Å². The number of amides is 1. The minimum absolute atomic E-state index is 0. The smallest absolute Gasteiger partial charge is 0.253 e. The fourth-order valence-corrected chi connectivity index (χ4v) is 3.35. The molecule has 3 N–H and O–H groups in total. The molecule has 4 rings (SSSR count). The number of carbonyl (C=O) groups is 1. The molecular formula is C22H19Cl2FN4O. The second kappa shape index (κ2) is 9.15. The lowest BCUT2D eigenvalue weighted by Crippen LogP contribution is -2.23. The van der Waals surface area contributed by atoms with Gasteiger partial charge in [-0.25, -0.2) is 9.37 Å². The number of benzene rings is 2. The molecule has 0 saturated heterocycles. The number of rotatable bonds is 5. The van der Waals surface area contributed by atoms with Crippen molar-refractivity contribution in [2.75, 3.05) is 5.32 Å². The highest BCUT2D eigenvalue weighted by molar-refractivity contribution is 6.30. The third-order valence-corrected chi connectivity index (χ3v) is 4.84. The summed E-state index contributed by atoms with van der Waals surface area (Å²) in [4.78, 5) is 20.4. The van der Waals surface area contributed by atoms with E-state index in [9.17, 15) is 9.18 Å². The van der Waals surface area contributed by atoms with Crippen molar-refractivity contribution in [1.82, 2.24) is 15.3 Å². The average Bonchev–Trinajstić information content (AvgIpc) is 3.10. The van der Waals surface area contributed by atoms with Crippen LogP contribution < -0.4 is 10.6 Å². The fraction of sp³-hybridized carbons (Fsp3) is 0.0909. The number of hydrogen-bond donors (Lipinski definition) is 3. The molecule has 2 aromatic heterocycles. The van der Waals surface area contributed by atoms with Crippen LogP contribution in [0.3, 0.4) is 0 Å². The summed E-state index contributed by atoms with van der Waals surface area (Å²) in [5.74, 6) is 0.0472. The first-order chi connectivity index (χ1) is 14.0. The van der Waals surface area contributed by atoms with E-state index in [1.807, 2.05) is 25.3 Å². The molecule has 0 bridgehead atoms. The first-order valence-electron chi connectivity index (χ1n) is 9.03. The number of pyridine rings is 1. The zero-order valence-electron chi connectivity index (χ0n) is 16.0. The molecule has 0 spiro atoms. The largest absolute Gasteiger partial charge is 0.358 e. The molecule has 1 amide bonds. The lowest BCUT2D eigenvalue weighted by atomic mass is 10.1. The maximum absolute atomic E-state index is 13.0. The Balaban J connectivity index is 0.00000256. The summed E-state index contributed by atoms with van der Waals surface area (Å²) in [6.07, 6.45) is 3.39. The number of fused-ring (bicyclic) bond motifs is 1. The average molecular weight is 445 g/mol. The van der Waals surface area contributed by atoms with Crippen molar-refractivity contribution >= 4 is 52.3 Å². The van der Waals surface area contributed by atoms with Crippen molar-refractivity contribution in [3.63, 3.8) is 0 Å². The second-order valence-corrected chi connectivity index (χ2v) is 7.12. The van der Waals surface area contributed by atoms with Crippen molar-refractivity contribution < 1.29 is 9.18 Å². The number of H-pyrrole nitrogens is 1. The molecule has 30 heavy (non-hydrogen) atoms. The van der Waals surface area contributed by atoms with E-state index in [0.29, 0.717) is 22.9 Å². The minimum Gasteiger partial charge on any atom is -0.358 e. The maximum atomic E-state index is 13.0. The lowest BCUT2D eigenvalue weighted by Gasteiger charge is -2.11. The molecule has 2 aromatic carbocycles. The lowest BCUT2D eigenvalue weighted by molar-refractivity contribution is 0.0952. The molecule has 4 aromatic rings. The third-order valence-electron chi connectivity index (χ3n) is 4.60. The number of nitrogens with one attached hydrogen (secondary N) is 3. The van der Waals surface area contributed by atoms with Gasteiger partial charge in [-0.05, 0) is 48.4 Å². The van der Waals surface area contributed by atoms with Crippen LogP contribution >= 0.6 is 24.0 Å². The van der Waals surface area contributed by atoms with Crippen molar-refractivity contribution in [2.24, 2.45) is 0 Å². The fourth-order valence-electron chi connectivity index (χ4n) is 3.16. The Bertz CT molecular complexity index is 1190. The Morgan fingerprint density at radius 1 is 1.20 bits per heavy atom. The van der Waals surface area contributed by atoms with Gasteiger partial charge in [0.25, 0.3) is 5.91 Å². The quantitative estimate of drug-likeness (QED) is 0.366. The van der Waals surface area contributed by atoms with Crippen molar-refractivity contribution in [2.45, 2.75) is 13.5 Å². The van der Waals surface area contributed by atoms with Crippen LogP contribution in [0.4, 0.5) is 15.9 Å². The zero-order chi connectivity index (χ0) is 20.4. The molecular weight excluding hydrogens is 426 g/mol. The highest BCUT2D eigenvalue weighted by Gasteiger charge is 2.17. The number of carbonyl (C=O) groups excluding carboxylic acids is 1. The van der Waals surface area contributed by atoms with E-state index in [4.69, 9.17) is 11.6 Å².